The van der Waals surface area contributed by atoms with E-state index in [0.717, 1.165) is 0 Å². The molecule has 1 heterocycles. The molecule has 4 aliphatic rings. The van der Waals surface area contributed by atoms with Crippen molar-refractivity contribution in [2.45, 2.75) is 102 Å². The molecule has 1 aliphatic heterocycles. The van der Waals surface area contributed by atoms with Crippen LogP contribution in [-0.4, -0.2) is 92.8 Å². The first-order valence-electron chi connectivity index (χ1n) is 14.2. The van der Waals surface area contributed by atoms with Gasteiger partial charge in [-0.3, -0.25) is 9.59 Å². The molecular weight excluding hydrogens is 548 g/mol. The van der Waals surface area contributed by atoms with Crippen LogP contribution in [0.3, 0.4) is 0 Å². The van der Waals surface area contributed by atoms with Crippen molar-refractivity contribution in [2.24, 2.45) is 16.7 Å². The standard InChI is InChI=1S/C31H40O11/c1-15-19(34)13-30(28(4,5)38)22(15)23(35)25(36)29(6)20(41-27(37)18-10-8-7-9-11-18)12-21-31(14-39-21,42-17(3)33)24(29)26(30)40-16(2)32/h7-11,19-21,23-26,34-36,38H,12-14H2,1-6H3/t19-,20-,21+,23+,24?,25-,26-,29+,30-,31-/m0/s1. The van der Waals surface area contributed by atoms with Crippen molar-refractivity contribution in [2.75, 3.05) is 6.61 Å². The maximum absolute atomic E-state index is 13.4. The first kappa shape index (κ1) is 30.6. The first-order chi connectivity index (χ1) is 19.5. The smallest absolute Gasteiger partial charge is 0.338 e. The fourth-order valence-electron chi connectivity index (χ4n) is 8.35. The Bertz CT molecular complexity index is 1300. The second-order valence-electron chi connectivity index (χ2n) is 13.0. The van der Waals surface area contributed by atoms with Gasteiger partial charge in [-0.2, -0.15) is 0 Å². The van der Waals surface area contributed by atoms with Gasteiger partial charge in [0.2, 0.25) is 0 Å². The Hall–Kier alpha value is -2.83. The third kappa shape index (κ3) is 4.16. The number of aliphatic hydroxyl groups is 4. The van der Waals surface area contributed by atoms with E-state index in [4.69, 9.17) is 18.9 Å². The summed E-state index contributed by atoms with van der Waals surface area (Å²) < 4.78 is 24.1. The van der Waals surface area contributed by atoms with Crippen LogP contribution in [-0.2, 0) is 28.5 Å². The minimum atomic E-state index is -1.74. The summed E-state index contributed by atoms with van der Waals surface area (Å²) in [5.41, 5.74) is -5.74. The van der Waals surface area contributed by atoms with Crippen LogP contribution >= 0.6 is 0 Å². The third-order valence-electron chi connectivity index (χ3n) is 10.3. The third-order valence-corrected chi connectivity index (χ3v) is 10.3. The lowest BCUT2D eigenvalue weighted by Gasteiger charge is -2.65. The van der Waals surface area contributed by atoms with Crippen LogP contribution in [0.5, 0.6) is 0 Å². The van der Waals surface area contributed by atoms with Gasteiger partial charge in [0.1, 0.15) is 24.4 Å². The van der Waals surface area contributed by atoms with E-state index < -0.39 is 82.5 Å². The summed E-state index contributed by atoms with van der Waals surface area (Å²) in [6, 6.07) is 8.27. The van der Waals surface area contributed by atoms with Crippen LogP contribution in [0.4, 0.5) is 0 Å². The van der Waals surface area contributed by atoms with Crippen molar-refractivity contribution in [1.82, 2.24) is 0 Å². The summed E-state index contributed by atoms with van der Waals surface area (Å²) in [5, 5.41) is 47.1. The highest BCUT2D eigenvalue weighted by Gasteiger charge is 2.79. The van der Waals surface area contributed by atoms with Crippen molar-refractivity contribution in [3.05, 3.63) is 47.0 Å². The lowest BCUT2D eigenvalue weighted by atomic mass is 9.49. The van der Waals surface area contributed by atoms with Crippen LogP contribution in [0, 0.1) is 16.7 Å². The van der Waals surface area contributed by atoms with Gasteiger partial charge in [-0.15, -0.1) is 0 Å². The molecule has 0 radical (unpaired) electrons. The highest BCUT2D eigenvalue weighted by atomic mass is 16.6. The molecule has 0 bridgehead atoms. The maximum Gasteiger partial charge on any atom is 0.338 e. The lowest BCUT2D eigenvalue weighted by Crippen LogP contribution is -2.79. The number of carbonyl (C=O) groups excluding carboxylic acids is 3. The van der Waals surface area contributed by atoms with Gasteiger partial charge >= 0.3 is 17.9 Å². The minimum absolute atomic E-state index is 0.00555. The molecule has 11 heteroatoms. The molecule has 3 fully saturated rings. The molecule has 11 nitrogen and oxygen atoms in total. The molecule has 42 heavy (non-hydrogen) atoms. The number of hydrogen-bond acceptors (Lipinski definition) is 11. The Kier molecular flexibility index (Phi) is 7.38. The Morgan fingerprint density at radius 1 is 1.02 bits per heavy atom. The molecule has 0 amide bonds. The molecule has 10 atom stereocenters. The summed E-state index contributed by atoms with van der Waals surface area (Å²) in [6.07, 6.45) is -7.94. The number of fused-ring (bicyclic) bond motifs is 4. The number of rotatable bonds is 5. The fourth-order valence-corrected chi connectivity index (χ4v) is 8.35. The van der Waals surface area contributed by atoms with E-state index in [9.17, 15) is 34.8 Å². The van der Waals surface area contributed by atoms with Gasteiger partial charge in [0.25, 0.3) is 0 Å². The normalized spacial score (nSPS) is 41.0. The van der Waals surface area contributed by atoms with Gasteiger partial charge in [0.05, 0.1) is 41.3 Å². The number of aliphatic hydroxyl groups excluding tert-OH is 3. The Balaban J connectivity index is 1.80. The van der Waals surface area contributed by atoms with Crippen molar-refractivity contribution in [1.29, 1.82) is 0 Å². The van der Waals surface area contributed by atoms with Gasteiger partial charge in [0, 0.05) is 25.7 Å². The second kappa shape index (κ2) is 10.1. The molecule has 230 valence electrons. The number of esters is 3. The van der Waals surface area contributed by atoms with E-state index in [0.29, 0.717) is 5.57 Å². The van der Waals surface area contributed by atoms with Gasteiger partial charge in [-0.25, -0.2) is 4.79 Å². The monoisotopic (exact) mass is 588 g/mol. The van der Waals surface area contributed by atoms with Crippen LogP contribution in [0.1, 0.15) is 64.7 Å². The summed E-state index contributed by atoms with van der Waals surface area (Å²) in [7, 11) is 0. The van der Waals surface area contributed by atoms with Crippen molar-refractivity contribution in [3.8, 4) is 0 Å². The van der Waals surface area contributed by atoms with Gasteiger partial charge in [0.15, 0.2) is 5.60 Å². The van der Waals surface area contributed by atoms with E-state index in [1.54, 1.807) is 44.2 Å². The molecule has 3 aliphatic carbocycles. The summed E-state index contributed by atoms with van der Waals surface area (Å²) in [5.74, 6) is -3.22. The molecule has 1 aromatic carbocycles. The molecule has 0 aromatic heterocycles. The van der Waals surface area contributed by atoms with Crippen LogP contribution in [0.15, 0.2) is 41.5 Å². The molecule has 4 N–H and O–H groups in total. The summed E-state index contributed by atoms with van der Waals surface area (Å²) in [4.78, 5) is 38.8. The highest BCUT2D eigenvalue weighted by Crippen LogP contribution is 2.68. The van der Waals surface area contributed by atoms with Gasteiger partial charge in [-0.05, 0) is 50.5 Å². The second-order valence-corrected chi connectivity index (χ2v) is 13.0. The predicted octanol–water partition coefficient (Wildman–Crippen LogP) is 1.44. The average molecular weight is 589 g/mol. The predicted molar refractivity (Wildman–Crippen MR) is 146 cm³/mol. The van der Waals surface area contributed by atoms with Crippen molar-refractivity contribution < 1.29 is 53.8 Å². The highest BCUT2D eigenvalue weighted by molar-refractivity contribution is 5.89. The minimum Gasteiger partial charge on any atom is -0.461 e. The molecule has 5 rings (SSSR count). The van der Waals surface area contributed by atoms with Crippen LogP contribution < -0.4 is 0 Å². The SMILES string of the molecule is CC(=O)O[C@H]1C2[C@@](C)([C@@H](OC(=O)c3ccccc3)C[C@H]3OC[C@@]23OC(C)=O)[C@@H](O)[C@H](O)C2=C(C)[C@@H](O)C[C@]21C(C)(C)O. The molecule has 1 unspecified atom stereocenters. The zero-order chi connectivity index (χ0) is 31.0. The largest absolute Gasteiger partial charge is 0.461 e. The van der Waals surface area contributed by atoms with Crippen molar-refractivity contribution in [3.63, 3.8) is 0 Å². The molecule has 0 spiro atoms. The van der Waals surface area contributed by atoms with E-state index in [1.807, 2.05) is 0 Å². The zero-order valence-corrected chi connectivity index (χ0v) is 24.7. The van der Waals surface area contributed by atoms with E-state index in [-0.39, 0.29) is 30.6 Å². The summed E-state index contributed by atoms with van der Waals surface area (Å²) >= 11 is 0. The fraction of sp³-hybridized carbons (Fsp3) is 0.645. The molecule has 1 aromatic rings. The Morgan fingerprint density at radius 3 is 2.19 bits per heavy atom. The van der Waals surface area contributed by atoms with Crippen molar-refractivity contribution >= 4 is 17.9 Å². The van der Waals surface area contributed by atoms with Gasteiger partial charge in [-0.1, -0.05) is 25.1 Å². The number of benzene rings is 1. The van der Waals surface area contributed by atoms with E-state index in [2.05, 4.69) is 0 Å². The number of hydrogen-bond donors (Lipinski definition) is 4. The molecule has 1 saturated heterocycles. The zero-order valence-electron chi connectivity index (χ0n) is 24.7. The topological polar surface area (TPSA) is 169 Å². The first-order valence-corrected chi connectivity index (χ1v) is 14.2. The Morgan fingerprint density at radius 2 is 1.67 bits per heavy atom. The number of carbonyl (C=O) groups is 3. The average Bonchev–Trinajstić information content (AvgIpc) is 3.15. The van der Waals surface area contributed by atoms with Crippen LogP contribution in [0.2, 0.25) is 0 Å². The Labute approximate surface area is 244 Å². The lowest BCUT2D eigenvalue weighted by molar-refractivity contribution is -0.351. The van der Waals surface area contributed by atoms with Crippen LogP contribution in [0.25, 0.3) is 0 Å². The molecule has 2 saturated carbocycles. The quantitative estimate of drug-likeness (QED) is 0.223. The van der Waals surface area contributed by atoms with Gasteiger partial charge < -0.3 is 39.4 Å². The van der Waals surface area contributed by atoms with E-state index >= 15 is 0 Å². The maximum atomic E-state index is 13.4. The molecular formula is C31H40O11. The summed E-state index contributed by atoms with van der Waals surface area (Å²) in [6.45, 7) is 8.47. The number of ether oxygens (including phenoxy) is 4. The van der Waals surface area contributed by atoms with E-state index in [1.165, 1.54) is 27.7 Å².